The molecule has 6 heteroatoms. The summed E-state index contributed by atoms with van der Waals surface area (Å²) in [5, 5.41) is 0. The molecule has 3 aromatic rings. The van der Waals surface area contributed by atoms with E-state index in [1.807, 2.05) is 36.4 Å². The topological polar surface area (TPSA) is 85.5 Å². The van der Waals surface area contributed by atoms with Crippen LogP contribution in [0.2, 0.25) is 0 Å². The van der Waals surface area contributed by atoms with E-state index in [2.05, 4.69) is 4.98 Å². The standard InChI is InChI=1S/C24H21NO5/c1-13-21(15(3)26)14(2)25-23(13)18(27)12-29-24(28)22-16-8-4-6-10-19(16)30-20-11-7-5-9-17(20)22/h4-11,22,25H,12H2,1-3H3. The number of hydrogen-bond acceptors (Lipinski definition) is 5. The summed E-state index contributed by atoms with van der Waals surface area (Å²) in [6.45, 7) is 4.48. The molecular formula is C24H21NO5. The lowest BCUT2D eigenvalue weighted by Gasteiger charge is -2.26. The van der Waals surface area contributed by atoms with Crippen molar-refractivity contribution in [2.45, 2.75) is 26.7 Å². The van der Waals surface area contributed by atoms with E-state index < -0.39 is 18.5 Å². The van der Waals surface area contributed by atoms with Gasteiger partial charge in [-0.2, -0.15) is 0 Å². The molecule has 0 atom stereocenters. The minimum absolute atomic E-state index is 0.118. The molecule has 1 aliphatic rings. The number of aromatic nitrogens is 1. The highest BCUT2D eigenvalue weighted by Crippen LogP contribution is 2.44. The van der Waals surface area contributed by atoms with Gasteiger partial charge in [0.25, 0.3) is 0 Å². The number of rotatable bonds is 5. The van der Waals surface area contributed by atoms with Crippen LogP contribution in [0, 0.1) is 13.8 Å². The van der Waals surface area contributed by atoms with Crippen LogP contribution < -0.4 is 4.74 Å². The molecule has 1 N–H and O–H groups in total. The molecule has 2 heterocycles. The maximum absolute atomic E-state index is 13.0. The number of aromatic amines is 1. The molecule has 0 unspecified atom stereocenters. The number of esters is 1. The van der Waals surface area contributed by atoms with Crippen molar-refractivity contribution in [3.8, 4) is 11.5 Å². The van der Waals surface area contributed by atoms with E-state index >= 15 is 0 Å². The minimum atomic E-state index is -0.682. The number of benzene rings is 2. The summed E-state index contributed by atoms with van der Waals surface area (Å²) >= 11 is 0. The summed E-state index contributed by atoms with van der Waals surface area (Å²) < 4.78 is 11.3. The molecule has 0 saturated carbocycles. The molecule has 30 heavy (non-hydrogen) atoms. The fourth-order valence-corrected chi connectivity index (χ4v) is 4.01. The summed E-state index contributed by atoms with van der Waals surface area (Å²) in [6.07, 6.45) is 0. The second kappa shape index (κ2) is 7.63. The molecule has 0 fully saturated rings. The average molecular weight is 403 g/mol. The van der Waals surface area contributed by atoms with Gasteiger partial charge in [-0.1, -0.05) is 36.4 Å². The molecule has 0 bridgehead atoms. The third-order valence-electron chi connectivity index (χ3n) is 5.33. The zero-order valence-electron chi connectivity index (χ0n) is 16.9. The highest BCUT2D eigenvalue weighted by molar-refractivity contribution is 6.04. The average Bonchev–Trinajstić information content (AvgIpc) is 3.04. The van der Waals surface area contributed by atoms with Crippen LogP contribution in [0.1, 0.15) is 56.1 Å². The van der Waals surface area contributed by atoms with E-state index in [0.29, 0.717) is 45.1 Å². The van der Waals surface area contributed by atoms with Gasteiger partial charge in [0, 0.05) is 22.4 Å². The third kappa shape index (κ3) is 3.30. The first-order valence-corrected chi connectivity index (χ1v) is 9.64. The first-order chi connectivity index (χ1) is 14.4. The van der Waals surface area contributed by atoms with E-state index in [1.165, 1.54) is 6.92 Å². The summed E-state index contributed by atoms with van der Waals surface area (Å²) in [5.74, 6) is -0.534. The number of carbonyl (C=O) groups is 3. The summed E-state index contributed by atoms with van der Waals surface area (Å²) in [4.78, 5) is 40.5. The molecule has 0 saturated heterocycles. The van der Waals surface area contributed by atoms with Gasteiger partial charge in [-0.05, 0) is 38.5 Å². The Bertz CT molecular complexity index is 1130. The van der Waals surface area contributed by atoms with Crippen molar-refractivity contribution in [2.75, 3.05) is 6.61 Å². The number of Topliss-reactive ketones (excluding diaryl/α,β-unsaturated/α-hetero) is 2. The Balaban J connectivity index is 1.58. The van der Waals surface area contributed by atoms with Crippen molar-refractivity contribution in [3.05, 3.63) is 82.2 Å². The van der Waals surface area contributed by atoms with Gasteiger partial charge in [0.15, 0.2) is 12.4 Å². The SMILES string of the molecule is CC(=O)c1c(C)[nH]c(C(=O)COC(=O)C2c3ccccc3Oc3ccccc32)c1C. The lowest BCUT2D eigenvalue weighted by Crippen LogP contribution is -2.24. The van der Waals surface area contributed by atoms with Crippen molar-refractivity contribution in [3.63, 3.8) is 0 Å². The predicted octanol–water partition coefficient (Wildman–Crippen LogP) is 4.50. The van der Waals surface area contributed by atoms with Crippen LogP contribution in [0.5, 0.6) is 11.5 Å². The van der Waals surface area contributed by atoms with Gasteiger partial charge >= 0.3 is 5.97 Å². The predicted molar refractivity (Wildman–Crippen MR) is 110 cm³/mol. The normalized spacial score (nSPS) is 12.5. The molecule has 152 valence electrons. The summed E-state index contributed by atoms with van der Waals surface area (Å²) in [6, 6.07) is 14.6. The van der Waals surface area contributed by atoms with Gasteiger partial charge in [-0.15, -0.1) is 0 Å². The number of nitrogens with one attached hydrogen (secondary N) is 1. The Morgan fingerprint density at radius 3 is 2.07 bits per heavy atom. The first-order valence-electron chi connectivity index (χ1n) is 9.64. The fourth-order valence-electron chi connectivity index (χ4n) is 4.01. The van der Waals surface area contributed by atoms with Crippen LogP contribution in [0.3, 0.4) is 0 Å². The molecule has 1 aromatic heterocycles. The lowest BCUT2D eigenvalue weighted by molar-refractivity contribution is -0.143. The molecule has 0 spiro atoms. The van der Waals surface area contributed by atoms with Gasteiger partial charge in [-0.3, -0.25) is 14.4 Å². The van der Waals surface area contributed by atoms with Crippen LogP contribution in [0.25, 0.3) is 0 Å². The largest absolute Gasteiger partial charge is 0.457 e. The number of H-pyrrole nitrogens is 1. The molecule has 1 aliphatic heterocycles. The Kier molecular flexibility index (Phi) is 4.99. The Morgan fingerprint density at radius 1 is 0.967 bits per heavy atom. The molecule has 6 nitrogen and oxygen atoms in total. The van der Waals surface area contributed by atoms with E-state index in [4.69, 9.17) is 9.47 Å². The maximum atomic E-state index is 13.0. The van der Waals surface area contributed by atoms with Crippen LogP contribution >= 0.6 is 0 Å². The molecule has 0 radical (unpaired) electrons. The monoisotopic (exact) mass is 403 g/mol. The van der Waals surface area contributed by atoms with Crippen LogP contribution in [0.4, 0.5) is 0 Å². The zero-order valence-corrected chi connectivity index (χ0v) is 16.9. The molecule has 2 aromatic carbocycles. The van der Waals surface area contributed by atoms with Gasteiger partial charge in [0.2, 0.25) is 5.78 Å². The molecule has 4 rings (SSSR count). The first kappa shape index (κ1) is 19.6. The maximum Gasteiger partial charge on any atom is 0.318 e. The minimum Gasteiger partial charge on any atom is -0.457 e. The van der Waals surface area contributed by atoms with Gasteiger partial charge in [-0.25, -0.2) is 0 Å². The second-order valence-corrected chi connectivity index (χ2v) is 7.32. The summed E-state index contributed by atoms with van der Waals surface area (Å²) in [5.41, 5.74) is 3.37. The van der Waals surface area contributed by atoms with Crippen molar-refractivity contribution < 1.29 is 23.9 Å². The van der Waals surface area contributed by atoms with Crippen LogP contribution in [-0.4, -0.2) is 29.1 Å². The lowest BCUT2D eigenvalue weighted by atomic mass is 9.88. The highest BCUT2D eigenvalue weighted by atomic mass is 16.5. The summed E-state index contributed by atoms with van der Waals surface area (Å²) in [7, 11) is 0. The van der Waals surface area contributed by atoms with Crippen LogP contribution in [0.15, 0.2) is 48.5 Å². The van der Waals surface area contributed by atoms with Crippen molar-refractivity contribution in [1.82, 2.24) is 4.98 Å². The number of fused-ring (bicyclic) bond motifs is 2. The molecular weight excluding hydrogens is 382 g/mol. The fraction of sp³-hybridized carbons (Fsp3) is 0.208. The van der Waals surface area contributed by atoms with Gasteiger partial charge < -0.3 is 14.5 Å². The number of carbonyl (C=O) groups excluding carboxylic acids is 3. The smallest absolute Gasteiger partial charge is 0.318 e. The number of para-hydroxylation sites is 2. The Morgan fingerprint density at radius 2 is 1.53 bits per heavy atom. The van der Waals surface area contributed by atoms with Gasteiger partial charge in [0.05, 0.1) is 5.69 Å². The quantitative estimate of drug-likeness (QED) is 0.501. The van der Waals surface area contributed by atoms with E-state index in [-0.39, 0.29) is 11.6 Å². The zero-order chi connectivity index (χ0) is 21.4. The van der Waals surface area contributed by atoms with E-state index in [9.17, 15) is 14.4 Å². The van der Waals surface area contributed by atoms with Crippen LogP contribution in [-0.2, 0) is 9.53 Å². The van der Waals surface area contributed by atoms with Gasteiger partial charge in [0.1, 0.15) is 17.4 Å². The van der Waals surface area contributed by atoms with Crippen molar-refractivity contribution in [2.24, 2.45) is 0 Å². The molecule has 0 aliphatic carbocycles. The number of ether oxygens (including phenoxy) is 2. The number of hydrogen-bond donors (Lipinski definition) is 1. The Hall–Kier alpha value is -3.67. The molecule has 0 amide bonds. The number of aryl methyl sites for hydroxylation is 1. The Labute approximate surface area is 173 Å². The second-order valence-electron chi connectivity index (χ2n) is 7.32. The highest BCUT2D eigenvalue weighted by Gasteiger charge is 2.34. The van der Waals surface area contributed by atoms with E-state index in [0.717, 1.165) is 0 Å². The van der Waals surface area contributed by atoms with Crippen molar-refractivity contribution in [1.29, 1.82) is 0 Å². The third-order valence-corrected chi connectivity index (χ3v) is 5.33. The van der Waals surface area contributed by atoms with E-state index in [1.54, 1.807) is 26.0 Å². The number of ketones is 2. The van der Waals surface area contributed by atoms with Crippen molar-refractivity contribution >= 4 is 17.5 Å².